The Hall–Kier alpha value is -1.71. The van der Waals surface area contributed by atoms with Gasteiger partial charge in [0.2, 0.25) is 10.0 Å². The number of sulfonamides is 1. The molecule has 0 aliphatic carbocycles. The molecule has 1 aromatic carbocycles. The number of nitrogens with one attached hydrogen (secondary N) is 1. The molecule has 0 radical (unpaired) electrons. The van der Waals surface area contributed by atoms with Crippen molar-refractivity contribution in [2.45, 2.75) is 39.5 Å². The molecule has 1 aliphatic heterocycles. The van der Waals surface area contributed by atoms with Gasteiger partial charge in [0, 0.05) is 33.2 Å². The van der Waals surface area contributed by atoms with E-state index in [-0.39, 0.29) is 30.3 Å². The fourth-order valence-electron chi connectivity index (χ4n) is 3.21. The summed E-state index contributed by atoms with van der Waals surface area (Å²) >= 11 is 0. The molecule has 2 unspecified atom stereocenters. The molecule has 158 valence electrons. The lowest BCUT2D eigenvalue weighted by Gasteiger charge is -2.34. The van der Waals surface area contributed by atoms with E-state index in [1.807, 2.05) is 38.8 Å². The molecule has 1 fully saturated rings. The van der Waals surface area contributed by atoms with Crippen molar-refractivity contribution in [2.75, 3.05) is 39.0 Å². The smallest absolute Gasteiger partial charge is 0.216 e. The highest BCUT2D eigenvalue weighted by Gasteiger charge is 2.30. The van der Waals surface area contributed by atoms with Gasteiger partial charge in [-0.2, -0.15) is 4.31 Å². The zero-order chi connectivity index (χ0) is 20.7. The number of guanidine groups is 1. The predicted octanol–water partition coefficient (Wildman–Crippen LogP) is 1.66. The Morgan fingerprint density at radius 1 is 1.36 bits per heavy atom. The van der Waals surface area contributed by atoms with Gasteiger partial charge in [-0.15, -0.1) is 0 Å². The van der Waals surface area contributed by atoms with Crippen LogP contribution in [0.1, 0.15) is 26.3 Å². The van der Waals surface area contributed by atoms with E-state index in [9.17, 15) is 12.8 Å². The van der Waals surface area contributed by atoms with Gasteiger partial charge >= 0.3 is 0 Å². The molecular formula is C19H31FN4O3S. The number of hydrogen-bond donors (Lipinski definition) is 1. The molecule has 1 saturated heterocycles. The van der Waals surface area contributed by atoms with Gasteiger partial charge in [-0.05, 0) is 38.5 Å². The molecule has 0 amide bonds. The minimum Gasteiger partial charge on any atom is -0.373 e. The summed E-state index contributed by atoms with van der Waals surface area (Å²) < 4.78 is 45.8. The Kier molecular flexibility index (Phi) is 8.21. The zero-order valence-electron chi connectivity index (χ0n) is 17.1. The number of rotatable bonds is 7. The summed E-state index contributed by atoms with van der Waals surface area (Å²) in [5, 5.41) is 3.15. The number of aliphatic imine (C=N–C) groups is 1. The summed E-state index contributed by atoms with van der Waals surface area (Å²) in [6.45, 7) is 7.71. The van der Waals surface area contributed by atoms with Crippen molar-refractivity contribution in [2.24, 2.45) is 4.99 Å². The molecule has 0 saturated carbocycles. The van der Waals surface area contributed by atoms with E-state index < -0.39 is 10.0 Å². The molecule has 9 heteroatoms. The number of ether oxygens (including phenoxy) is 1. The number of benzene rings is 1. The third-order valence-corrected chi connectivity index (χ3v) is 6.18. The van der Waals surface area contributed by atoms with Gasteiger partial charge in [0.15, 0.2) is 5.96 Å². The minimum atomic E-state index is -3.40. The van der Waals surface area contributed by atoms with Crippen LogP contribution in [0, 0.1) is 5.82 Å². The van der Waals surface area contributed by atoms with Gasteiger partial charge in [0.1, 0.15) is 5.82 Å². The first-order valence-corrected chi connectivity index (χ1v) is 11.2. The Balaban J connectivity index is 1.99. The van der Waals surface area contributed by atoms with Crippen LogP contribution in [-0.4, -0.2) is 74.8 Å². The molecule has 1 heterocycles. The van der Waals surface area contributed by atoms with Crippen molar-refractivity contribution in [3.05, 3.63) is 35.6 Å². The molecule has 0 spiro atoms. The fourth-order valence-corrected chi connectivity index (χ4v) is 4.66. The zero-order valence-corrected chi connectivity index (χ0v) is 17.9. The van der Waals surface area contributed by atoms with Crippen molar-refractivity contribution in [1.29, 1.82) is 0 Å². The third-order valence-electron chi connectivity index (χ3n) is 4.40. The second kappa shape index (κ2) is 10.2. The van der Waals surface area contributed by atoms with E-state index in [0.717, 1.165) is 5.56 Å². The Morgan fingerprint density at radius 2 is 2.04 bits per heavy atom. The highest BCUT2D eigenvalue weighted by molar-refractivity contribution is 7.89. The van der Waals surface area contributed by atoms with Crippen molar-refractivity contribution in [3.8, 4) is 0 Å². The van der Waals surface area contributed by atoms with Gasteiger partial charge in [0.05, 0.1) is 24.5 Å². The lowest BCUT2D eigenvalue weighted by molar-refractivity contribution is -0.0440. The van der Waals surface area contributed by atoms with Gasteiger partial charge in [-0.1, -0.05) is 12.1 Å². The quantitative estimate of drug-likeness (QED) is 0.543. The largest absolute Gasteiger partial charge is 0.373 e. The molecule has 0 aromatic heterocycles. The minimum absolute atomic E-state index is 0.0604. The van der Waals surface area contributed by atoms with E-state index >= 15 is 0 Å². The van der Waals surface area contributed by atoms with Gasteiger partial charge < -0.3 is 15.0 Å². The van der Waals surface area contributed by atoms with E-state index in [1.54, 1.807) is 6.07 Å². The maximum Gasteiger partial charge on any atom is 0.216 e. The number of nitrogens with zero attached hydrogens (tertiary/aromatic N) is 3. The Morgan fingerprint density at radius 3 is 2.64 bits per heavy atom. The Bertz CT molecular complexity index is 762. The maximum absolute atomic E-state index is 13.4. The molecule has 0 bridgehead atoms. The van der Waals surface area contributed by atoms with E-state index in [2.05, 4.69) is 10.3 Å². The molecule has 2 rings (SSSR count). The average molecular weight is 415 g/mol. The van der Waals surface area contributed by atoms with Gasteiger partial charge in [0.25, 0.3) is 0 Å². The van der Waals surface area contributed by atoms with E-state index in [4.69, 9.17) is 4.74 Å². The number of morpholine rings is 1. The monoisotopic (exact) mass is 414 g/mol. The van der Waals surface area contributed by atoms with Gasteiger partial charge in [-0.3, -0.25) is 4.99 Å². The normalized spacial score (nSPS) is 21.5. The number of hydrogen-bond acceptors (Lipinski definition) is 4. The molecule has 7 nitrogen and oxygen atoms in total. The van der Waals surface area contributed by atoms with Crippen LogP contribution in [0.4, 0.5) is 4.39 Å². The van der Waals surface area contributed by atoms with Crippen LogP contribution in [-0.2, 0) is 21.3 Å². The summed E-state index contributed by atoms with van der Waals surface area (Å²) in [5.74, 6) is 0.244. The second-order valence-corrected chi connectivity index (χ2v) is 9.20. The average Bonchev–Trinajstić information content (AvgIpc) is 2.60. The van der Waals surface area contributed by atoms with Crippen LogP contribution in [0.25, 0.3) is 0 Å². The summed E-state index contributed by atoms with van der Waals surface area (Å²) in [6.07, 6.45) is -0.228. The molecule has 1 aromatic rings. The molecular weight excluding hydrogens is 383 g/mol. The van der Waals surface area contributed by atoms with Gasteiger partial charge in [-0.25, -0.2) is 12.8 Å². The van der Waals surface area contributed by atoms with Crippen LogP contribution in [0.5, 0.6) is 0 Å². The highest BCUT2D eigenvalue weighted by Crippen LogP contribution is 2.15. The topological polar surface area (TPSA) is 74.2 Å². The van der Waals surface area contributed by atoms with Crippen molar-refractivity contribution >= 4 is 16.0 Å². The van der Waals surface area contributed by atoms with E-state index in [1.165, 1.54) is 16.4 Å². The SMILES string of the molecule is CCNC(=NCCS(=O)(=O)N1CC(C)OC(C)C1)N(C)Cc1cccc(F)c1. The van der Waals surface area contributed by atoms with Crippen LogP contribution in [0.2, 0.25) is 0 Å². The lowest BCUT2D eigenvalue weighted by Crippen LogP contribution is -2.49. The second-order valence-electron chi connectivity index (χ2n) is 7.11. The molecule has 1 aliphatic rings. The van der Waals surface area contributed by atoms with Crippen molar-refractivity contribution in [3.63, 3.8) is 0 Å². The van der Waals surface area contributed by atoms with Crippen LogP contribution in [0.15, 0.2) is 29.3 Å². The molecule has 2 atom stereocenters. The first-order chi connectivity index (χ1) is 13.2. The standard InChI is InChI=1S/C19H31FN4O3S/c1-5-21-19(23(4)14-17-7-6-8-18(20)11-17)22-9-10-28(25,26)24-12-15(2)27-16(3)13-24/h6-8,11,15-16H,5,9-10,12-14H2,1-4H3,(H,21,22). The predicted molar refractivity (Wildman–Crippen MR) is 109 cm³/mol. The van der Waals surface area contributed by atoms with Crippen molar-refractivity contribution in [1.82, 2.24) is 14.5 Å². The summed E-state index contributed by atoms with van der Waals surface area (Å²) in [6, 6.07) is 6.39. The third kappa shape index (κ3) is 6.72. The summed E-state index contributed by atoms with van der Waals surface area (Å²) in [4.78, 5) is 6.30. The first kappa shape index (κ1) is 22.6. The summed E-state index contributed by atoms with van der Waals surface area (Å²) in [5.41, 5.74) is 0.817. The van der Waals surface area contributed by atoms with Crippen LogP contribution < -0.4 is 5.32 Å². The van der Waals surface area contributed by atoms with Crippen molar-refractivity contribution < 1.29 is 17.5 Å². The van der Waals surface area contributed by atoms with Crippen LogP contribution >= 0.6 is 0 Å². The first-order valence-electron chi connectivity index (χ1n) is 9.58. The number of halogens is 1. The lowest BCUT2D eigenvalue weighted by atomic mass is 10.2. The fraction of sp³-hybridized carbons (Fsp3) is 0.632. The molecule has 1 N–H and O–H groups in total. The summed E-state index contributed by atoms with van der Waals surface area (Å²) in [7, 11) is -1.56. The van der Waals surface area contributed by atoms with Crippen LogP contribution in [0.3, 0.4) is 0 Å². The molecule has 28 heavy (non-hydrogen) atoms. The highest BCUT2D eigenvalue weighted by atomic mass is 32.2. The van der Waals surface area contributed by atoms with E-state index in [0.29, 0.717) is 32.1 Å². The maximum atomic E-state index is 13.4. The Labute approximate surface area is 167 Å².